The molecule has 0 radical (unpaired) electrons. The zero-order valence-electron chi connectivity index (χ0n) is 10.7. The van der Waals surface area contributed by atoms with Crippen molar-refractivity contribution in [3.05, 3.63) is 35.8 Å². The average Bonchev–Trinajstić information content (AvgIpc) is 2.77. The van der Waals surface area contributed by atoms with Gasteiger partial charge >= 0.3 is 0 Å². The molecule has 0 bridgehead atoms. The third kappa shape index (κ3) is 2.89. The van der Waals surface area contributed by atoms with Crippen LogP contribution >= 0.6 is 0 Å². The molecule has 1 unspecified atom stereocenters. The van der Waals surface area contributed by atoms with Gasteiger partial charge < -0.3 is 14.5 Å². The second-order valence-corrected chi connectivity index (χ2v) is 4.25. The predicted octanol–water partition coefficient (Wildman–Crippen LogP) is 3.26. The van der Waals surface area contributed by atoms with Gasteiger partial charge in [-0.25, -0.2) is 4.39 Å². The van der Waals surface area contributed by atoms with Crippen molar-refractivity contribution in [2.45, 2.75) is 19.4 Å². The molecule has 0 aliphatic rings. The van der Waals surface area contributed by atoms with Crippen molar-refractivity contribution in [3.63, 3.8) is 0 Å². The molecule has 1 aromatic heterocycles. The van der Waals surface area contributed by atoms with Crippen LogP contribution in [0.3, 0.4) is 0 Å². The van der Waals surface area contributed by atoms with Crippen molar-refractivity contribution < 1.29 is 13.5 Å². The molecule has 0 saturated heterocycles. The van der Waals surface area contributed by atoms with Gasteiger partial charge in [-0.2, -0.15) is 0 Å². The molecular weight excluding hydrogens is 233 g/mol. The summed E-state index contributed by atoms with van der Waals surface area (Å²) in [6, 6.07) is 6.37. The second kappa shape index (κ2) is 5.98. The predicted molar refractivity (Wildman–Crippen MR) is 69.1 cm³/mol. The Morgan fingerprint density at radius 3 is 2.94 bits per heavy atom. The van der Waals surface area contributed by atoms with E-state index < -0.39 is 0 Å². The number of halogens is 1. The van der Waals surface area contributed by atoms with Crippen LogP contribution in [0.25, 0.3) is 11.0 Å². The maximum Gasteiger partial charge on any atom is 0.134 e. The van der Waals surface area contributed by atoms with Crippen LogP contribution < -0.4 is 5.32 Å². The van der Waals surface area contributed by atoms with Crippen LogP contribution in [0.1, 0.15) is 25.1 Å². The molecule has 2 aromatic rings. The molecule has 0 saturated carbocycles. The zero-order chi connectivity index (χ0) is 13.0. The third-order valence-electron chi connectivity index (χ3n) is 2.82. The molecule has 0 amide bonds. The van der Waals surface area contributed by atoms with Crippen molar-refractivity contribution in [2.24, 2.45) is 0 Å². The first kappa shape index (κ1) is 13.1. The van der Waals surface area contributed by atoms with E-state index in [0.29, 0.717) is 12.2 Å². The highest BCUT2D eigenvalue weighted by atomic mass is 19.1. The summed E-state index contributed by atoms with van der Waals surface area (Å²) in [6.45, 7) is 3.35. The van der Waals surface area contributed by atoms with Crippen molar-refractivity contribution >= 4 is 11.0 Å². The highest BCUT2D eigenvalue weighted by molar-refractivity contribution is 5.78. The largest absolute Gasteiger partial charge is 0.459 e. The van der Waals surface area contributed by atoms with Gasteiger partial charge in [0.1, 0.15) is 17.2 Å². The maximum atomic E-state index is 13.1. The first-order valence-electron chi connectivity index (χ1n) is 6.18. The summed E-state index contributed by atoms with van der Waals surface area (Å²) in [5, 5.41) is 3.92. The van der Waals surface area contributed by atoms with E-state index in [4.69, 9.17) is 9.15 Å². The number of benzene rings is 1. The number of rotatable bonds is 6. The van der Waals surface area contributed by atoms with Gasteiger partial charge in [0.25, 0.3) is 0 Å². The molecule has 0 spiro atoms. The van der Waals surface area contributed by atoms with Crippen molar-refractivity contribution in [1.82, 2.24) is 5.32 Å². The molecule has 18 heavy (non-hydrogen) atoms. The summed E-state index contributed by atoms with van der Waals surface area (Å²) in [6.07, 6.45) is 0.988. The first-order valence-corrected chi connectivity index (χ1v) is 6.18. The van der Waals surface area contributed by atoms with Gasteiger partial charge in [-0.05, 0) is 37.7 Å². The molecule has 3 nitrogen and oxygen atoms in total. The van der Waals surface area contributed by atoms with Gasteiger partial charge in [0.2, 0.25) is 0 Å². The topological polar surface area (TPSA) is 34.4 Å². The fraction of sp³-hybridized carbons (Fsp3) is 0.429. The number of hydrogen-bond acceptors (Lipinski definition) is 3. The summed E-state index contributed by atoms with van der Waals surface area (Å²) >= 11 is 0. The lowest BCUT2D eigenvalue weighted by Crippen LogP contribution is -2.21. The third-order valence-corrected chi connectivity index (χ3v) is 2.82. The zero-order valence-corrected chi connectivity index (χ0v) is 10.7. The summed E-state index contributed by atoms with van der Waals surface area (Å²) < 4.78 is 24.3. The standard InChI is InChI=1S/C14H18FNO2/c1-3-6-17-9-12(16-2)14-8-10-7-11(15)4-5-13(10)18-14/h4-5,7-8,12,16H,3,6,9H2,1-2H3. The number of nitrogens with one attached hydrogen (secondary N) is 1. The van der Waals surface area contributed by atoms with Crippen molar-refractivity contribution in [3.8, 4) is 0 Å². The van der Waals surface area contributed by atoms with Gasteiger partial charge in [-0.15, -0.1) is 0 Å². The Morgan fingerprint density at radius 2 is 2.22 bits per heavy atom. The molecule has 1 heterocycles. The SMILES string of the molecule is CCCOCC(NC)c1cc2cc(F)ccc2o1. The Labute approximate surface area is 106 Å². The summed E-state index contributed by atoms with van der Waals surface area (Å²) in [4.78, 5) is 0. The van der Waals surface area contributed by atoms with Crippen molar-refractivity contribution in [2.75, 3.05) is 20.3 Å². The van der Waals surface area contributed by atoms with Crippen LogP contribution in [0.15, 0.2) is 28.7 Å². The maximum absolute atomic E-state index is 13.1. The van der Waals surface area contributed by atoms with E-state index in [9.17, 15) is 4.39 Å². The molecule has 1 N–H and O–H groups in total. The molecule has 0 aliphatic heterocycles. The van der Waals surface area contributed by atoms with Gasteiger partial charge in [0.05, 0.1) is 12.6 Å². The molecule has 0 aliphatic carbocycles. The van der Waals surface area contributed by atoms with Gasteiger partial charge in [-0.1, -0.05) is 6.92 Å². The first-order chi connectivity index (χ1) is 8.74. The normalized spacial score (nSPS) is 13.1. The van der Waals surface area contributed by atoms with E-state index in [2.05, 4.69) is 12.2 Å². The number of hydrogen-bond donors (Lipinski definition) is 1. The lowest BCUT2D eigenvalue weighted by Gasteiger charge is -2.13. The molecule has 0 fully saturated rings. The van der Waals surface area contributed by atoms with Crippen LogP contribution in [-0.4, -0.2) is 20.3 Å². The van der Waals surface area contributed by atoms with E-state index in [-0.39, 0.29) is 11.9 Å². The van der Waals surface area contributed by atoms with Gasteiger partial charge in [0.15, 0.2) is 0 Å². The lowest BCUT2D eigenvalue weighted by atomic mass is 10.2. The summed E-state index contributed by atoms with van der Waals surface area (Å²) in [5.41, 5.74) is 0.696. The average molecular weight is 251 g/mol. The Kier molecular flexibility index (Phi) is 4.33. The number of fused-ring (bicyclic) bond motifs is 1. The highest BCUT2D eigenvalue weighted by Crippen LogP contribution is 2.24. The molecular formula is C14H18FNO2. The van der Waals surface area contributed by atoms with Crippen molar-refractivity contribution in [1.29, 1.82) is 0 Å². The van der Waals surface area contributed by atoms with Crippen LogP contribution in [0.5, 0.6) is 0 Å². The lowest BCUT2D eigenvalue weighted by molar-refractivity contribution is 0.108. The van der Waals surface area contributed by atoms with E-state index in [0.717, 1.165) is 24.2 Å². The Bertz CT molecular complexity index is 509. The minimum atomic E-state index is -0.252. The summed E-state index contributed by atoms with van der Waals surface area (Å²) in [7, 11) is 1.85. The molecule has 4 heteroatoms. The van der Waals surface area contributed by atoms with Gasteiger partial charge in [-0.3, -0.25) is 0 Å². The highest BCUT2D eigenvalue weighted by Gasteiger charge is 2.15. The van der Waals surface area contributed by atoms with Gasteiger partial charge in [0, 0.05) is 12.0 Å². The molecule has 1 aromatic carbocycles. The van der Waals surface area contributed by atoms with Crippen LogP contribution in [0, 0.1) is 5.82 Å². The summed E-state index contributed by atoms with van der Waals surface area (Å²) in [5.74, 6) is 0.521. The van der Waals surface area contributed by atoms with E-state index in [1.54, 1.807) is 6.07 Å². The fourth-order valence-corrected chi connectivity index (χ4v) is 1.86. The molecule has 1 atom stereocenters. The molecule has 98 valence electrons. The van der Waals surface area contributed by atoms with E-state index in [1.165, 1.54) is 12.1 Å². The number of furan rings is 1. The number of likely N-dealkylation sites (N-methyl/N-ethyl adjacent to an activating group) is 1. The Hall–Kier alpha value is -1.39. The fourth-order valence-electron chi connectivity index (χ4n) is 1.86. The molecule has 2 rings (SSSR count). The monoisotopic (exact) mass is 251 g/mol. The minimum absolute atomic E-state index is 0.00740. The van der Waals surface area contributed by atoms with E-state index in [1.807, 2.05) is 13.1 Å². The smallest absolute Gasteiger partial charge is 0.134 e. The van der Waals surface area contributed by atoms with Crippen LogP contribution in [0.2, 0.25) is 0 Å². The number of ether oxygens (including phenoxy) is 1. The van der Waals surface area contributed by atoms with Crippen LogP contribution in [-0.2, 0) is 4.74 Å². The minimum Gasteiger partial charge on any atom is -0.459 e. The van der Waals surface area contributed by atoms with E-state index >= 15 is 0 Å². The Balaban J connectivity index is 2.17. The van der Waals surface area contributed by atoms with Crippen LogP contribution in [0.4, 0.5) is 4.39 Å². The Morgan fingerprint density at radius 1 is 1.39 bits per heavy atom. The second-order valence-electron chi connectivity index (χ2n) is 4.25. The quantitative estimate of drug-likeness (QED) is 0.800.